The molecule has 0 amide bonds. The highest BCUT2D eigenvalue weighted by Crippen LogP contribution is 2.37. The summed E-state index contributed by atoms with van der Waals surface area (Å²) in [6, 6.07) is 12.6. The minimum absolute atomic E-state index is 0.0952. The van der Waals surface area contributed by atoms with Crippen molar-refractivity contribution >= 4 is 11.6 Å². The van der Waals surface area contributed by atoms with E-state index in [2.05, 4.69) is 5.16 Å². The molecule has 1 aromatic heterocycles. The molecule has 4 nitrogen and oxygen atoms in total. The van der Waals surface area contributed by atoms with Gasteiger partial charge in [-0.3, -0.25) is 0 Å². The van der Waals surface area contributed by atoms with Crippen molar-refractivity contribution < 1.29 is 14.4 Å². The molecule has 0 saturated heterocycles. The van der Waals surface area contributed by atoms with Crippen molar-refractivity contribution in [3.8, 4) is 34.1 Å². The summed E-state index contributed by atoms with van der Waals surface area (Å²) in [5, 5.41) is 15.0. The zero-order valence-electron chi connectivity index (χ0n) is 12.8. The number of halogens is 1. The van der Waals surface area contributed by atoms with E-state index in [1.165, 1.54) is 0 Å². The van der Waals surface area contributed by atoms with Crippen LogP contribution in [-0.4, -0.2) is 17.4 Å². The molecule has 2 aromatic carbocycles. The molecule has 3 rings (SSSR count). The fraction of sp³-hybridized carbons (Fsp3) is 0.167. The van der Waals surface area contributed by atoms with E-state index >= 15 is 0 Å². The number of phenols is 1. The summed E-state index contributed by atoms with van der Waals surface area (Å²) in [5.74, 6) is 1.26. The molecular formula is C18H16ClNO3. The first-order valence-corrected chi connectivity index (χ1v) is 7.63. The lowest BCUT2D eigenvalue weighted by atomic mass is 10.0. The van der Waals surface area contributed by atoms with Crippen molar-refractivity contribution in [1.29, 1.82) is 0 Å². The molecule has 0 aliphatic rings. The van der Waals surface area contributed by atoms with E-state index in [4.69, 9.17) is 20.9 Å². The van der Waals surface area contributed by atoms with Gasteiger partial charge in [0.25, 0.3) is 0 Å². The van der Waals surface area contributed by atoms with Crippen LogP contribution >= 0.6 is 11.6 Å². The largest absolute Gasteiger partial charge is 0.507 e. The molecule has 0 fully saturated rings. The Kier molecular flexibility index (Phi) is 4.26. The normalized spacial score (nSPS) is 10.7. The monoisotopic (exact) mass is 329 g/mol. The van der Waals surface area contributed by atoms with Gasteiger partial charge in [0, 0.05) is 22.7 Å². The summed E-state index contributed by atoms with van der Waals surface area (Å²) in [5.41, 5.74) is 3.16. The average molecular weight is 330 g/mol. The summed E-state index contributed by atoms with van der Waals surface area (Å²) >= 11 is 5.89. The SMILES string of the molecule is CCc1cc(-c2cc(-c3ccc(Cl)cc3)no2)c(O)cc1OC. The van der Waals surface area contributed by atoms with Crippen LogP contribution in [0.3, 0.4) is 0 Å². The molecule has 5 heteroatoms. The highest BCUT2D eigenvalue weighted by molar-refractivity contribution is 6.30. The molecule has 23 heavy (non-hydrogen) atoms. The van der Waals surface area contributed by atoms with Gasteiger partial charge in [0.2, 0.25) is 0 Å². The molecule has 0 aliphatic heterocycles. The quantitative estimate of drug-likeness (QED) is 0.736. The highest BCUT2D eigenvalue weighted by Gasteiger charge is 2.15. The van der Waals surface area contributed by atoms with E-state index in [0.29, 0.717) is 27.8 Å². The van der Waals surface area contributed by atoms with E-state index in [1.54, 1.807) is 31.4 Å². The number of hydrogen-bond acceptors (Lipinski definition) is 4. The van der Waals surface area contributed by atoms with Crippen LogP contribution < -0.4 is 4.74 Å². The predicted octanol–water partition coefficient (Wildman–Crippen LogP) is 4.94. The third-order valence-corrected chi connectivity index (χ3v) is 3.95. The van der Waals surface area contributed by atoms with E-state index in [-0.39, 0.29) is 5.75 Å². The van der Waals surface area contributed by atoms with E-state index < -0.39 is 0 Å². The Morgan fingerprint density at radius 3 is 2.57 bits per heavy atom. The second-order valence-electron chi connectivity index (χ2n) is 5.12. The third kappa shape index (κ3) is 3.03. The number of rotatable bonds is 4. The molecule has 0 bridgehead atoms. The van der Waals surface area contributed by atoms with Gasteiger partial charge >= 0.3 is 0 Å². The van der Waals surface area contributed by atoms with Crippen LogP contribution in [0, 0.1) is 0 Å². The lowest BCUT2D eigenvalue weighted by molar-refractivity contribution is 0.401. The summed E-state index contributed by atoms with van der Waals surface area (Å²) < 4.78 is 10.7. The molecule has 0 aliphatic carbocycles. The Labute approximate surface area is 139 Å². The van der Waals surface area contributed by atoms with Gasteiger partial charge in [0.15, 0.2) is 5.76 Å². The van der Waals surface area contributed by atoms with Gasteiger partial charge in [-0.25, -0.2) is 0 Å². The first kappa shape index (κ1) is 15.4. The number of ether oxygens (including phenoxy) is 1. The van der Waals surface area contributed by atoms with Gasteiger partial charge in [-0.15, -0.1) is 0 Å². The summed E-state index contributed by atoms with van der Waals surface area (Å²) in [6.45, 7) is 2.03. The molecule has 1 N–H and O–H groups in total. The standard InChI is InChI=1S/C18H16ClNO3/c1-3-11-8-14(16(21)10-17(11)22-2)18-9-15(20-23-18)12-4-6-13(19)7-5-12/h4-10,21H,3H2,1-2H3. The lowest BCUT2D eigenvalue weighted by Crippen LogP contribution is -1.91. The highest BCUT2D eigenvalue weighted by atomic mass is 35.5. The number of benzene rings is 2. The van der Waals surface area contributed by atoms with Crippen molar-refractivity contribution in [3.05, 3.63) is 53.1 Å². The molecule has 3 aromatic rings. The zero-order chi connectivity index (χ0) is 16.4. The van der Waals surface area contributed by atoms with Crippen molar-refractivity contribution in [1.82, 2.24) is 5.16 Å². The maximum Gasteiger partial charge on any atom is 0.171 e. The van der Waals surface area contributed by atoms with E-state index in [0.717, 1.165) is 17.5 Å². The molecule has 0 spiro atoms. The van der Waals surface area contributed by atoms with Gasteiger partial charge in [-0.05, 0) is 30.2 Å². The van der Waals surface area contributed by atoms with Crippen molar-refractivity contribution in [3.63, 3.8) is 0 Å². The van der Waals surface area contributed by atoms with Crippen molar-refractivity contribution in [2.75, 3.05) is 7.11 Å². The minimum atomic E-state index is 0.0952. The molecule has 0 saturated carbocycles. The number of phenolic OH excluding ortho intramolecular Hbond substituents is 1. The molecule has 0 radical (unpaired) electrons. The van der Waals surface area contributed by atoms with Crippen LogP contribution in [0.4, 0.5) is 0 Å². The summed E-state index contributed by atoms with van der Waals surface area (Å²) in [7, 11) is 1.58. The Hall–Kier alpha value is -2.46. The van der Waals surface area contributed by atoms with Gasteiger partial charge in [-0.2, -0.15) is 0 Å². The second kappa shape index (κ2) is 6.34. The smallest absolute Gasteiger partial charge is 0.171 e. The molecule has 0 atom stereocenters. The van der Waals surface area contributed by atoms with Gasteiger partial charge in [0.1, 0.15) is 17.2 Å². The van der Waals surface area contributed by atoms with Crippen molar-refractivity contribution in [2.24, 2.45) is 0 Å². The van der Waals surface area contributed by atoms with Crippen molar-refractivity contribution in [2.45, 2.75) is 13.3 Å². The first-order valence-electron chi connectivity index (χ1n) is 7.25. The number of hydrogen-bond donors (Lipinski definition) is 1. The number of methoxy groups -OCH3 is 1. The number of aryl methyl sites for hydroxylation is 1. The third-order valence-electron chi connectivity index (χ3n) is 3.70. The fourth-order valence-electron chi connectivity index (χ4n) is 2.44. The van der Waals surface area contributed by atoms with Crippen LogP contribution in [0.2, 0.25) is 5.02 Å². The second-order valence-corrected chi connectivity index (χ2v) is 5.55. The van der Waals surface area contributed by atoms with Crippen LogP contribution in [-0.2, 0) is 6.42 Å². The molecule has 0 unspecified atom stereocenters. The molecule has 118 valence electrons. The van der Waals surface area contributed by atoms with E-state index in [1.807, 2.05) is 25.1 Å². The Balaban J connectivity index is 2.01. The number of aromatic nitrogens is 1. The maximum absolute atomic E-state index is 10.2. The van der Waals surface area contributed by atoms with Gasteiger partial charge < -0.3 is 14.4 Å². The zero-order valence-corrected chi connectivity index (χ0v) is 13.6. The molecular weight excluding hydrogens is 314 g/mol. The van der Waals surface area contributed by atoms with Gasteiger partial charge in [-0.1, -0.05) is 35.8 Å². The van der Waals surface area contributed by atoms with Crippen LogP contribution in [0.1, 0.15) is 12.5 Å². The predicted molar refractivity (Wildman–Crippen MR) is 90.0 cm³/mol. The Morgan fingerprint density at radius 2 is 1.91 bits per heavy atom. The average Bonchev–Trinajstić information content (AvgIpc) is 3.04. The molecule has 1 heterocycles. The Morgan fingerprint density at radius 1 is 1.17 bits per heavy atom. The minimum Gasteiger partial charge on any atom is -0.507 e. The van der Waals surface area contributed by atoms with Crippen LogP contribution in [0.25, 0.3) is 22.6 Å². The van der Waals surface area contributed by atoms with Crippen LogP contribution in [0.5, 0.6) is 11.5 Å². The lowest BCUT2D eigenvalue weighted by Gasteiger charge is -2.09. The van der Waals surface area contributed by atoms with Crippen LogP contribution in [0.15, 0.2) is 47.0 Å². The fourth-order valence-corrected chi connectivity index (χ4v) is 2.56. The number of aromatic hydroxyl groups is 1. The summed E-state index contributed by atoms with van der Waals surface area (Å²) in [6.07, 6.45) is 0.786. The topological polar surface area (TPSA) is 55.5 Å². The maximum atomic E-state index is 10.2. The van der Waals surface area contributed by atoms with Gasteiger partial charge in [0.05, 0.1) is 12.7 Å². The number of nitrogens with zero attached hydrogens (tertiary/aromatic N) is 1. The Bertz CT molecular complexity index is 825. The van der Waals surface area contributed by atoms with E-state index in [9.17, 15) is 5.11 Å². The first-order chi connectivity index (χ1) is 11.1. The summed E-state index contributed by atoms with van der Waals surface area (Å²) in [4.78, 5) is 0.